The number of hydrogen-bond acceptors (Lipinski definition) is 5. The van der Waals surface area contributed by atoms with E-state index in [4.69, 9.17) is 10.5 Å². The zero-order valence-corrected chi connectivity index (χ0v) is 12.4. The monoisotopic (exact) mass is 307 g/mol. The second-order valence-electron chi connectivity index (χ2n) is 4.45. The van der Waals surface area contributed by atoms with Crippen molar-refractivity contribution in [1.82, 2.24) is 4.98 Å². The summed E-state index contributed by atoms with van der Waals surface area (Å²) < 4.78 is 31.6. The van der Waals surface area contributed by atoms with Gasteiger partial charge in [0.2, 0.25) is 10.0 Å². The molecule has 0 spiro atoms. The first kappa shape index (κ1) is 15.1. The number of methoxy groups -OCH3 is 1. The first-order valence-corrected chi connectivity index (χ1v) is 7.99. The van der Waals surface area contributed by atoms with Crippen LogP contribution in [0.15, 0.2) is 42.6 Å². The molecule has 0 bridgehead atoms. The predicted molar refractivity (Wildman–Crippen MR) is 82.8 cm³/mol. The number of nitrogens with two attached hydrogens (primary N) is 1. The summed E-state index contributed by atoms with van der Waals surface area (Å²) in [5, 5.41) is 0. The van der Waals surface area contributed by atoms with Gasteiger partial charge in [0, 0.05) is 18.3 Å². The Hall–Kier alpha value is -2.28. The molecule has 0 aliphatic rings. The third-order valence-corrected chi connectivity index (χ3v) is 4.14. The van der Waals surface area contributed by atoms with Crippen molar-refractivity contribution in [2.24, 2.45) is 0 Å². The predicted octanol–water partition coefficient (Wildman–Crippen LogP) is 1.66. The van der Waals surface area contributed by atoms with E-state index in [1.807, 2.05) is 6.07 Å². The number of aromatic nitrogens is 1. The molecule has 0 unspecified atom stereocenters. The fraction of sp³-hybridized carbons (Fsp3) is 0.214. The first-order valence-electron chi connectivity index (χ1n) is 6.34. The van der Waals surface area contributed by atoms with E-state index in [0.717, 1.165) is 5.69 Å². The van der Waals surface area contributed by atoms with Gasteiger partial charge in [-0.25, -0.2) is 8.42 Å². The van der Waals surface area contributed by atoms with Gasteiger partial charge < -0.3 is 10.5 Å². The number of pyridine rings is 1. The number of nitrogen functional groups attached to an aromatic ring is 1. The molecule has 0 saturated carbocycles. The summed E-state index contributed by atoms with van der Waals surface area (Å²) in [6.45, 7) is 0. The lowest BCUT2D eigenvalue weighted by Crippen LogP contribution is -2.18. The number of nitrogens with zero attached hydrogens (tertiary/aromatic N) is 1. The molecule has 1 aromatic carbocycles. The number of benzene rings is 1. The molecule has 112 valence electrons. The molecule has 0 aliphatic heterocycles. The van der Waals surface area contributed by atoms with Gasteiger partial charge in [-0.1, -0.05) is 6.07 Å². The lowest BCUT2D eigenvalue weighted by atomic mass is 10.2. The molecule has 1 aromatic heterocycles. The van der Waals surface area contributed by atoms with Crippen LogP contribution in [0.4, 0.5) is 11.4 Å². The van der Waals surface area contributed by atoms with Crippen LogP contribution in [-0.4, -0.2) is 26.3 Å². The van der Waals surface area contributed by atoms with Gasteiger partial charge in [-0.2, -0.15) is 0 Å². The molecule has 0 aliphatic carbocycles. The Kier molecular flexibility index (Phi) is 4.64. The van der Waals surface area contributed by atoms with Crippen LogP contribution in [0, 0.1) is 0 Å². The molecule has 2 rings (SSSR count). The van der Waals surface area contributed by atoms with E-state index >= 15 is 0 Å². The number of ether oxygens (including phenoxy) is 1. The Morgan fingerprint density at radius 1 is 1.29 bits per heavy atom. The van der Waals surface area contributed by atoms with Crippen molar-refractivity contribution in [2.75, 3.05) is 23.3 Å². The van der Waals surface area contributed by atoms with E-state index in [1.54, 1.807) is 30.5 Å². The Morgan fingerprint density at radius 3 is 2.71 bits per heavy atom. The van der Waals surface area contributed by atoms with Crippen molar-refractivity contribution in [3.8, 4) is 5.75 Å². The van der Waals surface area contributed by atoms with E-state index in [-0.39, 0.29) is 5.75 Å². The minimum atomic E-state index is -3.46. The van der Waals surface area contributed by atoms with Crippen LogP contribution < -0.4 is 15.2 Å². The third kappa shape index (κ3) is 4.35. The summed E-state index contributed by atoms with van der Waals surface area (Å²) in [4.78, 5) is 4.10. The highest BCUT2D eigenvalue weighted by Gasteiger charge is 2.12. The fourth-order valence-corrected chi connectivity index (χ4v) is 2.88. The standard InChI is InChI=1S/C14H17N3O3S/c1-20-14-6-5-12(10-13(14)15)17-21(18,19)9-7-11-4-2-3-8-16-11/h2-6,8,10,17H,7,9,15H2,1H3. The van der Waals surface area contributed by atoms with Gasteiger partial charge >= 0.3 is 0 Å². The highest BCUT2D eigenvalue weighted by atomic mass is 32.2. The summed E-state index contributed by atoms with van der Waals surface area (Å²) in [5.41, 5.74) is 7.27. The van der Waals surface area contributed by atoms with E-state index in [9.17, 15) is 8.42 Å². The second-order valence-corrected chi connectivity index (χ2v) is 6.29. The molecule has 21 heavy (non-hydrogen) atoms. The molecule has 3 N–H and O–H groups in total. The first-order chi connectivity index (χ1) is 10.00. The maximum Gasteiger partial charge on any atom is 0.233 e. The highest BCUT2D eigenvalue weighted by Crippen LogP contribution is 2.25. The summed E-state index contributed by atoms with van der Waals surface area (Å²) in [5.74, 6) is 0.460. The summed E-state index contributed by atoms with van der Waals surface area (Å²) in [6.07, 6.45) is 1.99. The highest BCUT2D eigenvalue weighted by molar-refractivity contribution is 7.92. The minimum absolute atomic E-state index is 0.0457. The zero-order valence-electron chi connectivity index (χ0n) is 11.6. The number of hydrogen-bond donors (Lipinski definition) is 2. The Morgan fingerprint density at radius 2 is 2.10 bits per heavy atom. The largest absolute Gasteiger partial charge is 0.495 e. The smallest absolute Gasteiger partial charge is 0.233 e. The van der Waals surface area contributed by atoms with Gasteiger partial charge in [-0.05, 0) is 30.3 Å². The average Bonchev–Trinajstić information content (AvgIpc) is 2.46. The second kappa shape index (κ2) is 6.45. The van der Waals surface area contributed by atoms with E-state index in [0.29, 0.717) is 23.5 Å². The Labute approximate surface area is 124 Å². The molecule has 1 heterocycles. The van der Waals surface area contributed by atoms with Crippen LogP contribution in [0.1, 0.15) is 5.69 Å². The molecular weight excluding hydrogens is 290 g/mol. The van der Waals surface area contributed by atoms with Gasteiger partial charge in [0.25, 0.3) is 0 Å². The summed E-state index contributed by atoms with van der Waals surface area (Å²) >= 11 is 0. The van der Waals surface area contributed by atoms with Crippen molar-refractivity contribution >= 4 is 21.4 Å². The third-order valence-electron chi connectivity index (χ3n) is 2.86. The van der Waals surface area contributed by atoms with Crippen LogP contribution >= 0.6 is 0 Å². The average molecular weight is 307 g/mol. The molecule has 0 fully saturated rings. The minimum Gasteiger partial charge on any atom is -0.495 e. The van der Waals surface area contributed by atoms with E-state index in [2.05, 4.69) is 9.71 Å². The maximum atomic E-state index is 12.0. The molecule has 0 atom stereocenters. The molecule has 0 saturated heterocycles. The van der Waals surface area contributed by atoms with E-state index < -0.39 is 10.0 Å². The number of aryl methyl sites for hydroxylation is 1. The van der Waals surface area contributed by atoms with Gasteiger partial charge in [0.15, 0.2) is 0 Å². The van der Waals surface area contributed by atoms with Gasteiger partial charge in [0.1, 0.15) is 5.75 Å². The summed E-state index contributed by atoms with van der Waals surface area (Å²) in [6, 6.07) is 10.2. The van der Waals surface area contributed by atoms with Gasteiger partial charge in [-0.3, -0.25) is 9.71 Å². The van der Waals surface area contributed by atoms with E-state index in [1.165, 1.54) is 13.2 Å². The van der Waals surface area contributed by atoms with Crippen LogP contribution in [0.25, 0.3) is 0 Å². The maximum absolute atomic E-state index is 12.0. The fourth-order valence-electron chi connectivity index (χ4n) is 1.81. The topological polar surface area (TPSA) is 94.3 Å². The Bertz CT molecular complexity index is 703. The van der Waals surface area contributed by atoms with Crippen LogP contribution in [0.2, 0.25) is 0 Å². The normalized spacial score (nSPS) is 11.1. The molecule has 7 heteroatoms. The van der Waals surface area contributed by atoms with Crippen molar-refractivity contribution < 1.29 is 13.2 Å². The van der Waals surface area contributed by atoms with Crippen molar-refractivity contribution in [2.45, 2.75) is 6.42 Å². The lowest BCUT2D eigenvalue weighted by molar-refractivity contribution is 0.417. The molecular formula is C14H17N3O3S. The molecule has 0 radical (unpaired) electrons. The summed E-state index contributed by atoms with van der Waals surface area (Å²) in [7, 11) is -1.95. The van der Waals surface area contributed by atoms with Crippen molar-refractivity contribution in [3.63, 3.8) is 0 Å². The van der Waals surface area contributed by atoms with Gasteiger partial charge in [0.05, 0.1) is 24.2 Å². The van der Waals surface area contributed by atoms with Crippen LogP contribution in [0.3, 0.4) is 0 Å². The number of anilines is 2. The molecule has 2 aromatic rings. The van der Waals surface area contributed by atoms with Gasteiger partial charge in [-0.15, -0.1) is 0 Å². The quantitative estimate of drug-likeness (QED) is 0.791. The Balaban J connectivity index is 2.02. The molecule has 0 amide bonds. The SMILES string of the molecule is COc1ccc(NS(=O)(=O)CCc2ccccn2)cc1N. The number of sulfonamides is 1. The number of rotatable bonds is 6. The van der Waals surface area contributed by atoms with Crippen LogP contribution in [0.5, 0.6) is 5.75 Å². The lowest BCUT2D eigenvalue weighted by Gasteiger charge is -2.10. The number of nitrogens with one attached hydrogen (secondary N) is 1. The van der Waals surface area contributed by atoms with Crippen LogP contribution in [-0.2, 0) is 16.4 Å². The van der Waals surface area contributed by atoms with Crippen molar-refractivity contribution in [3.05, 3.63) is 48.3 Å². The molecule has 6 nitrogen and oxygen atoms in total. The zero-order chi connectivity index (χ0) is 15.3. The van der Waals surface area contributed by atoms with Crippen molar-refractivity contribution in [1.29, 1.82) is 0 Å².